The number of hydrogen-bond donors (Lipinski definition) is 0. The molecule has 2 aromatic rings. The van der Waals surface area contributed by atoms with Crippen molar-refractivity contribution in [1.82, 2.24) is 4.31 Å². The van der Waals surface area contributed by atoms with Crippen LogP contribution in [0.15, 0.2) is 53.4 Å². The van der Waals surface area contributed by atoms with Crippen molar-refractivity contribution in [3.63, 3.8) is 0 Å². The van der Waals surface area contributed by atoms with Gasteiger partial charge in [0.25, 0.3) is 0 Å². The number of ketones is 1. The number of ether oxygens (including phenoxy) is 2. The van der Waals surface area contributed by atoms with E-state index in [0.717, 1.165) is 12.1 Å². The summed E-state index contributed by atoms with van der Waals surface area (Å²) in [7, 11) is -3.82. The number of Topliss-reactive ketones (excluding diaryl/α,β-unsaturated/α-hetero) is 1. The zero-order chi connectivity index (χ0) is 21.9. The van der Waals surface area contributed by atoms with E-state index in [9.17, 15) is 22.4 Å². The van der Waals surface area contributed by atoms with Crippen molar-refractivity contribution in [3.8, 4) is 0 Å². The van der Waals surface area contributed by atoms with E-state index >= 15 is 0 Å². The Morgan fingerprint density at radius 2 is 1.70 bits per heavy atom. The first-order valence-corrected chi connectivity index (χ1v) is 10.8. The molecule has 2 aromatic carbocycles. The van der Waals surface area contributed by atoms with E-state index in [2.05, 4.69) is 0 Å². The summed E-state index contributed by atoms with van der Waals surface area (Å²) in [5, 5.41) is 0. The molecule has 7 nitrogen and oxygen atoms in total. The Labute approximate surface area is 174 Å². The van der Waals surface area contributed by atoms with E-state index in [1.165, 1.54) is 40.7 Å². The van der Waals surface area contributed by atoms with E-state index in [0.29, 0.717) is 0 Å². The van der Waals surface area contributed by atoms with Gasteiger partial charge in [0.15, 0.2) is 12.4 Å². The average molecular weight is 435 g/mol. The van der Waals surface area contributed by atoms with Crippen LogP contribution in [0, 0.1) is 5.82 Å². The van der Waals surface area contributed by atoms with Gasteiger partial charge in [0, 0.05) is 18.7 Å². The first-order chi connectivity index (χ1) is 14.2. The first-order valence-electron chi connectivity index (χ1n) is 9.38. The third kappa shape index (κ3) is 5.10. The molecule has 0 amide bonds. The summed E-state index contributed by atoms with van der Waals surface area (Å²) >= 11 is 0. The number of nitrogens with zero attached hydrogens (tertiary/aromatic N) is 1. The number of rotatable bonds is 6. The molecule has 3 rings (SSSR count). The molecule has 0 aromatic heterocycles. The molecule has 2 atom stereocenters. The summed E-state index contributed by atoms with van der Waals surface area (Å²) in [5.41, 5.74) is 0.216. The number of esters is 1. The molecule has 0 bridgehead atoms. The highest BCUT2D eigenvalue weighted by molar-refractivity contribution is 7.89. The van der Waals surface area contributed by atoms with Gasteiger partial charge < -0.3 is 9.47 Å². The number of hydrogen-bond acceptors (Lipinski definition) is 6. The lowest BCUT2D eigenvalue weighted by Crippen LogP contribution is -2.48. The molecule has 1 aliphatic rings. The molecule has 0 aliphatic carbocycles. The Morgan fingerprint density at radius 3 is 2.33 bits per heavy atom. The predicted octanol–water partition coefficient (Wildman–Crippen LogP) is 2.66. The lowest BCUT2D eigenvalue weighted by molar-refractivity contribution is -0.0440. The van der Waals surface area contributed by atoms with Gasteiger partial charge in [0.2, 0.25) is 10.0 Å². The smallest absolute Gasteiger partial charge is 0.338 e. The van der Waals surface area contributed by atoms with Gasteiger partial charge in [-0.3, -0.25) is 4.79 Å². The van der Waals surface area contributed by atoms with Crippen LogP contribution in [0.3, 0.4) is 0 Å². The van der Waals surface area contributed by atoms with Crippen LogP contribution in [0.5, 0.6) is 0 Å². The van der Waals surface area contributed by atoms with Gasteiger partial charge in [0.1, 0.15) is 5.82 Å². The molecule has 1 heterocycles. The summed E-state index contributed by atoms with van der Waals surface area (Å²) in [6.45, 7) is 3.48. The molecule has 0 unspecified atom stereocenters. The maximum atomic E-state index is 13.0. The van der Waals surface area contributed by atoms with Gasteiger partial charge in [-0.2, -0.15) is 4.31 Å². The third-order valence-electron chi connectivity index (χ3n) is 4.59. The maximum Gasteiger partial charge on any atom is 0.338 e. The molecule has 0 N–H and O–H groups in total. The normalized spacial score (nSPS) is 20.0. The van der Waals surface area contributed by atoms with Crippen molar-refractivity contribution < 1.29 is 31.9 Å². The van der Waals surface area contributed by atoms with E-state index in [4.69, 9.17) is 9.47 Å². The lowest BCUT2D eigenvalue weighted by Gasteiger charge is -2.34. The van der Waals surface area contributed by atoms with E-state index in [-0.39, 0.29) is 41.3 Å². The molecule has 9 heteroatoms. The van der Waals surface area contributed by atoms with Gasteiger partial charge in [0.05, 0.1) is 22.7 Å². The van der Waals surface area contributed by atoms with E-state index in [1.54, 1.807) is 13.8 Å². The second kappa shape index (κ2) is 9.03. The molecular formula is C21H22FNO6S. The number of morpholine rings is 1. The maximum absolute atomic E-state index is 13.0. The Kier molecular flexibility index (Phi) is 6.64. The van der Waals surface area contributed by atoms with Crippen LogP contribution in [-0.2, 0) is 19.5 Å². The molecule has 0 spiro atoms. The fraction of sp³-hybridized carbons (Fsp3) is 0.333. The molecule has 0 saturated carbocycles. The Hall–Kier alpha value is -2.62. The lowest BCUT2D eigenvalue weighted by atomic mass is 10.1. The number of carbonyl (C=O) groups is 2. The Morgan fingerprint density at radius 1 is 1.07 bits per heavy atom. The van der Waals surface area contributed by atoms with Gasteiger partial charge in [-0.05, 0) is 56.3 Å². The minimum absolute atomic E-state index is 0.0114. The Bertz CT molecular complexity index is 1030. The molecule has 160 valence electrons. The zero-order valence-corrected chi connectivity index (χ0v) is 17.4. The largest absolute Gasteiger partial charge is 0.454 e. The monoisotopic (exact) mass is 435 g/mol. The number of carbonyl (C=O) groups excluding carboxylic acids is 2. The van der Waals surface area contributed by atoms with Gasteiger partial charge in [-0.25, -0.2) is 17.6 Å². The molecule has 1 aliphatic heterocycles. The average Bonchev–Trinajstić information content (AvgIpc) is 2.71. The summed E-state index contributed by atoms with van der Waals surface area (Å²) in [6.07, 6.45) is -0.483. The molecule has 0 radical (unpaired) electrons. The number of sulfonamides is 1. The van der Waals surface area contributed by atoms with E-state index in [1.807, 2.05) is 0 Å². The zero-order valence-electron chi connectivity index (χ0n) is 16.6. The van der Waals surface area contributed by atoms with E-state index < -0.39 is 34.2 Å². The highest BCUT2D eigenvalue weighted by atomic mass is 32.2. The summed E-state index contributed by atoms with van der Waals surface area (Å²) in [5.74, 6) is -1.81. The van der Waals surface area contributed by atoms with Gasteiger partial charge in [-0.1, -0.05) is 6.07 Å². The van der Waals surface area contributed by atoms with Crippen LogP contribution in [-0.4, -0.2) is 56.4 Å². The number of halogens is 1. The molecule has 1 saturated heterocycles. The molecular weight excluding hydrogens is 413 g/mol. The van der Waals surface area contributed by atoms with Crippen molar-refractivity contribution in [1.29, 1.82) is 0 Å². The highest BCUT2D eigenvalue weighted by Gasteiger charge is 2.32. The fourth-order valence-electron chi connectivity index (χ4n) is 3.19. The second-order valence-corrected chi connectivity index (χ2v) is 9.05. The first kappa shape index (κ1) is 22.1. The van der Waals surface area contributed by atoms with Crippen LogP contribution in [0.1, 0.15) is 34.6 Å². The van der Waals surface area contributed by atoms with Crippen LogP contribution < -0.4 is 0 Å². The van der Waals surface area contributed by atoms with Crippen LogP contribution in [0.2, 0.25) is 0 Å². The molecule has 1 fully saturated rings. The molecule has 30 heavy (non-hydrogen) atoms. The predicted molar refractivity (Wildman–Crippen MR) is 106 cm³/mol. The summed E-state index contributed by atoms with van der Waals surface area (Å²) in [6, 6.07) is 10.3. The minimum atomic E-state index is -3.82. The van der Waals surface area contributed by atoms with Crippen molar-refractivity contribution >= 4 is 21.8 Å². The quantitative estimate of drug-likeness (QED) is 0.512. The minimum Gasteiger partial charge on any atom is -0.454 e. The van der Waals surface area contributed by atoms with Crippen LogP contribution >= 0.6 is 0 Å². The highest BCUT2D eigenvalue weighted by Crippen LogP contribution is 2.22. The third-order valence-corrected chi connectivity index (χ3v) is 6.42. The topological polar surface area (TPSA) is 90.0 Å². The Balaban J connectivity index is 1.70. The van der Waals surface area contributed by atoms with Crippen LogP contribution in [0.25, 0.3) is 0 Å². The van der Waals surface area contributed by atoms with Crippen molar-refractivity contribution in [3.05, 3.63) is 65.5 Å². The number of benzene rings is 2. The van der Waals surface area contributed by atoms with Gasteiger partial charge in [-0.15, -0.1) is 0 Å². The second-order valence-electron chi connectivity index (χ2n) is 7.11. The van der Waals surface area contributed by atoms with Crippen LogP contribution in [0.4, 0.5) is 4.39 Å². The summed E-state index contributed by atoms with van der Waals surface area (Å²) in [4.78, 5) is 24.4. The van der Waals surface area contributed by atoms with Crippen molar-refractivity contribution in [2.45, 2.75) is 31.0 Å². The van der Waals surface area contributed by atoms with Crippen molar-refractivity contribution in [2.75, 3.05) is 19.7 Å². The van der Waals surface area contributed by atoms with Gasteiger partial charge >= 0.3 is 5.97 Å². The standard InChI is InChI=1S/C21H22FNO6S/c1-14-11-23(12-15(2)29-14)30(26,27)19-5-3-4-17(10-19)21(25)28-13-20(24)16-6-8-18(22)9-7-16/h3-10,14-15H,11-13H2,1-2H3/t14-,15-/m0/s1. The fourth-order valence-corrected chi connectivity index (χ4v) is 4.83. The van der Waals surface area contributed by atoms with Crippen molar-refractivity contribution in [2.24, 2.45) is 0 Å². The SMILES string of the molecule is C[C@H]1CN(S(=O)(=O)c2cccc(C(=O)OCC(=O)c3ccc(F)cc3)c2)C[C@H](C)O1. The summed E-state index contributed by atoms with van der Waals surface area (Å²) < 4.78 is 50.8.